The van der Waals surface area contributed by atoms with E-state index in [-0.39, 0.29) is 23.3 Å². The Morgan fingerprint density at radius 3 is 2.62 bits per heavy atom. The summed E-state index contributed by atoms with van der Waals surface area (Å²) in [5.41, 5.74) is 8.51. The predicted molar refractivity (Wildman–Crippen MR) is 94.5 cm³/mol. The number of hydrogen-bond donors (Lipinski definition) is 2. The van der Waals surface area contributed by atoms with Gasteiger partial charge in [-0.1, -0.05) is 38.1 Å². The van der Waals surface area contributed by atoms with Crippen molar-refractivity contribution in [3.8, 4) is 11.5 Å². The first-order valence-electron chi connectivity index (χ1n) is 8.36. The van der Waals surface area contributed by atoms with Crippen LogP contribution < -0.4 is 10.5 Å². The standard InChI is InChI=1S/C20H25NO3/c1-20(2)17-13-15(22)9-8-14(17)12-18(19(20)21)24-11-10-23-16-6-4-3-5-7-16/h3-9,13,18-19,22H,10-12,21H2,1-2H3/t18-,19+/m0/s1. The van der Waals surface area contributed by atoms with Gasteiger partial charge in [0.25, 0.3) is 0 Å². The van der Waals surface area contributed by atoms with Crippen LogP contribution in [0, 0.1) is 0 Å². The first-order chi connectivity index (χ1) is 11.5. The van der Waals surface area contributed by atoms with Crippen LogP contribution in [-0.2, 0) is 16.6 Å². The van der Waals surface area contributed by atoms with Crippen LogP contribution in [0.4, 0.5) is 0 Å². The van der Waals surface area contributed by atoms with Gasteiger partial charge < -0.3 is 20.3 Å². The van der Waals surface area contributed by atoms with E-state index in [2.05, 4.69) is 13.8 Å². The highest BCUT2D eigenvalue weighted by Crippen LogP contribution is 2.38. The minimum Gasteiger partial charge on any atom is -0.508 e. The van der Waals surface area contributed by atoms with Crippen LogP contribution in [0.1, 0.15) is 25.0 Å². The molecular weight excluding hydrogens is 302 g/mol. The molecule has 2 atom stereocenters. The summed E-state index contributed by atoms with van der Waals surface area (Å²) >= 11 is 0. The Morgan fingerprint density at radius 1 is 1.12 bits per heavy atom. The van der Waals surface area contributed by atoms with Crippen molar-refractivity contribution in [3.63, 3.8) is 0 Å². The highest BCUT2D eigenvalue weighted by Gasteiger charge is 2.41. The van der Waals surface area contributed by atoms with Crippen LogP contribution in [-0.4, -0.2) is 30.5 Å². The molecule has 4 nitrogen and oxygen atoms in total. The van der Waals surface area contributed by atoms with Gasteiger partial charge >= 0.3 is 0 Å². The van der Waals surface area contributed by atoms with Crippen molar-refractivity contribution < 1.29 is 14.6 Å². The van der Waals surface area contributed by atoms with Crippen LogP contribution >= 0.6 is 0 Å². The molecule has 0 aliphatic heterocycles. The molecule has 0 radical (unpaired) electrons. The van der Waals surface area contributed by atoms with Gasteiger partial charge in [0.2, 0.25) is 0 Å². The zero-order chi connectivity index (χ0) is 17.2. The third-order valence-corrected chi connectivity index (χ3v) is 4.87. The summed E-state index contributed by atoms with van der Waals surface area (Å²) in [6.45, 7) is 5.20. The summed E-state index contributed by atoms with van der Waals surface area (Å²) in [5.74, 6) is 1.12. The molecule has 0 saturated heterocycles. The normalized spacial score (nSPS) is 22.0. The van der Waals surface area contributed by atoms with Crippen molar-refractivity contribution in [2.45, 2.75) is 37.8 Å². The summed E-state index contributed by atoms with van der Waals surface area (Å²) in [5, 5.41) is 9.77. The zero-order valence-electron chi connectivity index (χ0n) is 14.2. The lowest BCUT2D eigenvalue weighted by molar-refractivity contribution is -0.000585. The molecule has 0 amide bonds. The predicted octanol–water partition coefficient (Wildman–Crippen LogP) is 3.02. The van der Waals surface area contributed by atoms with Crippen molar-refractivity contribution in [1.82, 2.24) is 0 Å². The highest BCUT2D eigenvalue weighted by molar-refractivity contribution is 5.43. The molecule has 2 aromatic carbocycles. The van der Waals surface area contributed by atoms with Crippen molar-refractivity contribution in [2.24, 2.45) is 5.73 Å². The average Bonchev–Trinajstić information content (AvgIpc) is 2.58. The van der Waals surface area contributed by atoms with Gasteiger partial charge in [-0.15, -0.1) is 0 Å². The van der Waals surface area contributed by atoms with Crippen LogP contribution in [0.25, 0.3) is 0 Å². The molecule has 2 aromatic rings. The fourth-order valence-electron chi connectivity index (χ4n) is 3.37. The highest BCUT2D eigenvalue weighted by atomic mass is 16.5. The molecule has 4 heteroatoms. The molecule has 3 rings (SSSR count). The molecule has 1 aliphatic carbocycles. The number of para-hydroxylation sites is 1. The molecule has 0 aromatic heterocycles. The molecule has 0 spiro atoms. The first-order valence-corrected chi connectivity index (χ1v) is 8.36. The van der Waals surface area contributed by atoms with E-state index in [1.54, 1.807) is 6.07 Å². The van der Waals surface area contributed by atoms with Gasteiger partial charge in [0, 0.05) is 17.9 Å². The second-order valence-corrected chi connectivity index (χ2v) is 6.86. The topological polar surface area (TPSA) is 64.7 Å². The summed E-state index contributed by atoms with van der Waals surface area (Å²) in [4.78, 5) is 0. The third kappa shape index (κ3) is 3.40. The molecule has 0 fully saturated rings. The van der Waals surface area contributed by atoms with E-state index >= 15 is 0 Å². The number of rotatable bonds is 5. The van der Waals surface area contributed by atoms with E-state index in [9.17, 15) is 5.11 Å². The lowest BCUT2D eigenvalue weighted by Gasteiger charge is -2.43. The second kappa shape index (κ2) is 6.83. The maximum atomic E-state index is 9.77. The second-order valence-electron chi connectivity index (χ2n) is 6.86. The van der Waals surface area contributed by atoms with E-state index in [0.29, 0.717) is 13.2 Å². The number of phenols is 1. The maximum absolute atomic E-state index is 9.77. The number of ether oxygens (including phenoxy) is 2. The van der Waals surface area contributed by atoms with E-state index in [1.807, 2.05) is 42.5 Å². The number of fused-ring (bicyclic) bond motifs is 1. The van der Waals surface area contributed by atoms with Gasteiger partial charge in [-0.25, -0.2) is 0 Å². The van der Waals surface area contributed by atoms with Gasteiger partial charge in [0.05, 0.1) is 12.7 Å². The Kier molecular flexibility index (Phi) is 4.78. The number of nitrogens with two attached hydrogens (primary N) is 1. The van der Waals surface area contributed by atoms with Crippen LogP contribution in [0.5, 0.6) is 11.5 Å². The largest absolute Gasteiger partial charge is 0.508 e. The van der Waals surface area contributed by atoms with Crippen molar-refractivity contribution in [2.75, 3.05) is 13.2 Å². The lowest BCUT2D eigenvalue weighted by Crippen LogP contribution is -2.54. The fourth-order valence-corrected chi connectivity index (χ4v) is 3.37. The number of aromatic hydroxyl groups is 1. The molecule has 0 saturated carbocycles. The van der Waals surface area contributed by atoms with E-state index in [1.165, 1.54) is 5.56 Å². The Labute approximate surface area is 143 Å². The van der Waals surface area contributed by atoms with Crippen molar-refractivity contribution in [3.05, 3.63) is 59.7 Å². The van der Waals surface area contributed by atoms with E-state index < -0.39 is 0 Å². The molecule has 3 N–H and O–H groups in total. The fraction of sp³-hybridized carbons (Fsp3) is 0.400. The lowest BCUT2D eigenvalue weighted by atomic mass is 9.68. The molecule has 24 heavy (non-hydrogen) atoms. The third-order valence-electron chi connectivity index (χ3n) is 4.87. The molecule has 0 bridgehead atoms. The SMILES string of the molecule is CC1(C)c2cc(O)ccc2C[C@H](OCCOc2ccccc2)[C@H]1N. The minimum atomic E-state index is -0.253. The van der Waals surface area contributed by atoms with Crippen molar-refractivity contribution >= 4 is 0 Å². The first kappa shape index (κ1) is 16.8. The summed E-state index contributed by atoms with van der Waals surface area (Å²) in [6.07, 6.45) is 0.697. The Bertz CT molecular complexity index is 685. The van der Waals surface area contributed by atoms with Crippen LogP contribution in [0.3, 0.4) is 0 Å². The molecule has 0 heterocycles. The average molecular weight is 327 g/mol. The van der Waals surface area contributed by atoms with Gasteiger partial charge in [-0.05, 0) is 35.4 Å². The quantitative estimate of drug-likeness (QED) is 0.829. The maximum Gasteiger partial charge on any atom is 0.119 e. The summed E-state index contributed by atoms with van der Waals surface area (Å²) in [7, 11) is 0. The number of phenolic OH excluding ortho intramolecular Hbond substituents is 1. The number of benzene rings is 2. The number of hydrogen-bond acceptors (Lipinski definition) is 4. The molecule has 128 valence electrons. The molecular formula is C20H25NO3. The van der Waals surface area contributed by atoms with Crippen LogP contribution in [0.15, 0.2) is 48.5 Å². The van der Waals surface area contributed by atoms with Gasteiger partial charge in [-0.3, -0.25) is 0 Å². The smallest absolute Gasteiger partial charge is 0.119 e. The van der Waals surface area contributed by atoms with E-state index in [4.69, 9.17) is 15.2 Å². The van der Waals surface area contributed by atoms with Crippen LogP contribution in [0.2, 0.25) is 0 Å². The van der Waals surface area contributed by atoms with Crippen molar-refractivity contribution in [1.29, 1.82) is 0 Å². The van der Waals surface area contributed by atoms with Gasteiger partial charge in [0.1, 0.15) is 18.1 Å². The zero-order valence-corrected chi connectivity index (χ0v) is 14.2. The van der Waals surface area contributed by atoms with E-state index in [0.717, 1.165) is 17.7 Å². The monoisotopic (exact) mass is 327 g/mol. The minimum absolute atomic E-state index is 0.0589. The summed E-state index contributed by atoms with van der Waals surface area (Å²) in [6, 6.07) is 15.1. The molecule has 1 aliphatic rings. The summed E-state index contributed by atoms with van der Waals surface area (Å²) < 4.78 is 11.7. The van der Waals surface area contributed by atoms with Gasteiger partial charge in [0.15, 0.2) is 0 Å². The molecule has 0 unspecified atom stereocenters. The Morgan fingerprint density at radius 2 is 1.88 bits per heavy atom. The Hall–Kier alpha value is -2.04. The Balaban J connectivity index is 1.61. The van der Waals surface area contributed by atoms with Gasteiger partial charge in [-0.2, -0.15) is 0 Å².